The molecule has 1 aromatic carbocycles. The maximum absolute atomic E-state index is 5.67. The number of benzene rings is 1. The summed E-state index contributed by atoms with van der Waals surface area (Å²) in [5.41, 5.74) is 1.16. The lowest BCUT2D eigenvalue weighted by Crippen LogP contribution is -2.38. The first-order chi connectivity index (χ1) is 12.6. The van der Waals surface area contributed by atoms with Crippen LogP contribution >= 0.6 is 11.3 Å². The second-order valence-corrected chi connectivity index (χ2v) is 7.46. The van der Waals surface area contributed by atoms with Crippen LogP contribution in [0.5, 0.6) is 5.75 Å². The van der Waals surface area contributed by atoms with Gasteiger partial charge in [-0.25, -0.2) is 9.98 Å². The Morgan fingerprint density at radius 1 is 1.19 bits per heavy atom. The fraction of sp³-hybridized carbons (Fsp3) is 0.500. The van der Waals surface area contributed by atoms with E-state index in [1.54, 1.807) is 11.3 Å². The third kappa shape index (κ3) is 7.04. The normalized spacial score (nSPS) is 11.7. The minimum Gasteiger partial charge on any atom is -0.491 e. The van der Waals surface area contributed by atoms with Crippen LogP contribution in [0.2, 0.25) is 0 Å². The summed E-state index contributed by atoms with van der Waals surface area (Å²) in [4.78, 5) is 10.5. The number of guanidine groups is 1. The summed E-state index contributed by atoms with van der Waals surface area (Å²) < 4.78 is 5.67. The molecule has 0 atom stereocenters. The van der Waals surface area contributed by atoms with Gasteiger partial charge in [0.2, 0.25) is 0 Å². The van der Waals surface area contributed by atoms with Crippen molar-refractivity contribution in [2.24, 2.45) is 4.99 Å². The number of nitrogens with one attached hydrogen (secondary N) is 2. The Hall–Kier alpha value is -2.08. The second-order valence-electron chi connectivity index (χ2n) is 6.26. The van der Waals surface area contributed by atoms with E-state index in [0.29, 0.717) is 6.54 Å². The molecule has 0 spiro atoms. The Morgan fingerprint density at radius 3 is 2.58 bits per heavy atom. The first-order valence-electron chi connectivity index (χ1n) is 9.32. The number of rotatable bonds is 9. The molecule has 2 rings (SSSR count). The summed E-state index contributed by atoms with van der Waals surface area (Å²) in [5, 5.41) is 7.85. The van der Waals surface area contributed by atoms with Crippen molar-refractivity contribution in [3.05, 3.63) is 45.9 Å². The van der Waals surface area contributed by atoms with Gasteiger partial charge in [-0.2, -0.15) is 0 Å². The Bertz CT molecular complexity index is 679. The summed E-state index contributed by atoms with van der Waals surface area (Å²) in [6.45, 7) is 10.6. The zero-order chi connectivity index (χ0) is 18.8. The molecule has 5 nitrogen and oxygen atoms in total. The van der Waals surface area contributed by atoms with Crippen LogP contribution in [-0.2, 0) is 19.4 Å². The molecule has 2 N–H and O–H groups in total. The summed E-state index contributed by atoms with van der Waals surface area (Å²) in [7, 11) is 0. The number of aromatic nitrogens is 1. The zero-order valence-electron chi connectivity index (χ0n) is 16.2. The average molecular weight is 375 g/mol. The molecular formula is C20H30N4OS. The maximum Gasteiger partial charge on any atom is 0.191 e. The summed E-state index contributed by atoms with van der Waals surface area (Å²) in [6.07, 6.45) is 4.13. The van der Waals surface area contributed by atoms with Crippen LogP contribution in [0.3, 0.4) is 0 Å². The highest BCUT2D eigenvalue weighted by Crippen LogP contribution is 2.15. The maximum atomic E-state index is 5.67. The van der Waals surface area contributed by atoms with Crippen molar-refractivity contribution in [2.45, 2.75) is 53.2 Å². The lowest BCUT2D eigenvalue weighted by atomic mass is 10.2. The molecule has 0 aliphatic carbocycles. The Labute approximate surface area is 160 Å². The van der Waals surface area contributed by atoms with Gasteiger partial charge in [0.05, 0.1) is 17.7 Å². The van der Waals surface area contributed by atoms with E-state index in [2.05, 4.69) is 46.6 Å². The van der Waals surface area contributed by atoms with Crippen molar-refractivity contribution in [1.29, 1.82) is 0 Å². The van der Waals surface area contributed by atoms with Gasteiger partial charge >= 0.3 is 0 Å². The smallest absolute Gasteiger partial charge is 0.191 e. The second kappa shape index (κ2) is 10.8. The number of nitrogens with zero attached hydrogens (tertiary/aromatic N) is 2. The van der Waals surface area contributed by atoms with Gasteiger partial charge in [0, 0.05) is 30.6 Å². The summed E-state index contributed by atoms with van der Waals surface area (Å²) >= 11 is 1.79. The van der Waals surface area contributed by atoms with Gasteiger partial charge in [-0.15, -0.1) is 11.3 Å². The molecule has 0 fully saturated rings. The van der Waals surface area contributed by atoms with Crippen LogP contribution < -0.4 is 15.4 Å². The van der Waals surface area contributed by atoms with Crippen LogP contribution in [0.15, 0.2) is 35.5 Å². The van der Waals surface area contributed by atoms with Gasteiger partial charge in [0.15, 0.2) is 5.96 Å². The minimum atomic E-state index is 0.190. The molecule has 0 bridgehead atoms. The largest absolute Gasteiger partial charge is 0.491 e. The van der Waals surface area contributed by atoms with Crippen LogP contribution in [0.25, 0.3) is 0 Å². The van der Waals surface area contributed by atoms with Gasteiger partial charge in [-0.05, 0) is 44.9 Å². The standard InChI is InChI=1S/C20H30N4OS/c1-5-18-14-23-19(26-18)11-12-22-20(21-6-2)24-13-16-7-9-17(10-8-16)25-15(3)4/h7-10,14-15H,5-6,11-13H2,1-4H3,(H2,21,22,24). The molecule has 0 aliphatic heterocycles. The Balaban J connectivity index is 1.85. The van der Waals surface area contributed by atoms with E-state index in [0.717, 1.165) is 43.2 Å². The SMILES string of the molecule is CCNC(=NCc1ccc(OC(C)C)cc1)NCCc1ncc(CC)s1. The van der Waals surface area contributed by atoms with E-state index in [1.165, 1.54) is 9.88 Å². The van der Waals surface area contributed by atoms with E-state index in [1.807, 2.05) is 32.2 Å². The molecule has 1 heterocycles. The molecule has 6 heteroatoms. The molecule has 2 aromatic rings. The van der Waals surface area contributed by atoms with Crippen molar-refractivity contribution < 1.29 is 4.74 Å². The quantitative estimate of drug-likeness (QED) is 0.518. The number of hydrogen-bond acceptors (Lipinski definition) is 4. The van der Waals surface area contributed by atoms with E-state index in [4.69, 9.17) is 4.74 Å². The Morgan fingerprint density at radius 2 is 1.96 bits per heavy atom. The van der Waals surface area contributed by atoms with E-state index in [9.17, 15) is 0 Å². The molecule has 0 saturated heterocycles. The number of thiazole rings is 1. The van der Waals surface area contributed by atoms with Crippen LogP contribution in [-0.4, -0.2) is 30.1 Å². The lowest BCUT2D eigenvalue weighted by Gasteiger charge is -2.11. The van der Waals surface area contributed by atoms with Crippen molar-refractivity contribution in [3.8, 4) is 5.75 Å². The highest BCUT2D eigenvalue weighted by atomic mass is 32.1. The predicted molar refractivity (Wildman–Crippen MR) is 110 cm³/mol. The van der Waals surface area contributed by atoms with Gasteiger partial charge in [0.1, 0.15) is 5.75 Å². The number of ether oxygens (including phenoxy) is 1. The third-order valence-corrected chi connectivity index (χ3v) is 4.84. The molecule has 0 unspecified atom stereocenters. The zero-order valence-corrected chi connectivity index (χ0v) is 17.0. The van der Waals surface area contributed by atoms with E-state index < -0.39 is 0 Å². The van der Waals surface area contributed by atoms with Crippen molar-refractivity contribution >= 4 is 17.3 Å². The van der Waals surface area contributed by atoms with Crippen LogP contribution in [0.4, 0.5) is 0 Å². The molecule has 1 aromatic heterocycles. The molecule has 0 amide bonds. The summed E-state index contributed by atoms with van der Waals surface area (Å²) in [5.74, 6) is 1.73. The average Bonchev–Trinajstić information content (AvgIpc) is 3.08. The van der Waals surface area contributed by atoms with Crippen molar-refractivity contribution in [2.75, 3.05) is 13.1 Å². The van der Waals surface area contributed by atoms with Gasteiger partial charge < -0.3 is 15.4 Å². The van der Waals surface area contributed by atoms with Gasteiger partial charge in [-0.1, -0.05) is 19.1 Å². The van der Waals surface area contributed by atoms with Crippen LogP contribution in [0.1, 0.15) is 43.1 Å². The van der Waals surface area contributed by atoms with E-state index >= 15 is 0 Å². The molecular weight excluding hydrogens is 344 g/mol. The third-order valence-electron chi connectivity index (χ3n) is 3.64. The first kappa shape index (κ1) is 20.2. The van der Waals surface area contributed by atoms with Gasteiger partial charge in [0.25, 0.3) is 0 Å². The van der Waals surface area contributed by atoms with E-state index in [-0.39, 0.29) is 6.10 Å². The highest BCUT2D eigenvalue weighted by molar-refractivity contribution is 7.11. The molecule has 0 saturated carbocycles. The highest BCUT2D eigenvalue weighted by Gasteiger charge is 2.03. The topological polar surface area (TPSA) is 58.5 Å². The minimum absolute atomic E-state index is 0.190. The number of hydrogen-bond donors (Lipinski definition) is 2. The lowest BCUT2D eigenvalue weighted by molar-refractivity contribution is 0.242. The Kier molecular flexibility index (Phi) is 8.41. The predicted octanol–water partition coefficient (Wildman–Crippen LogP) is 3.79. The summed E-state index contributed by atoms with van der Waals surface area (Å²) in [6, 6.07) is 8.12. The van der Waals surface area contributed by atoms with Gasteiger partial charge in [-0.3, -0.25) is 0 Å². The first-order valence-corrected chi connectivity index (χ1v) is 10.1. The molecule has 26 heavy (non-hydrogen) atoms. The fourth-order valence-electron chi connectivity index (χ4n) is 2.37. The fourth-order valence-corrected chi connectivity index (χ4v) is 3.23. The molecule has 0 radical (unpaired) electrons. The molecule has 0 aliphatic rings. The monoisotopic (exact) mass is 374 g/mol. The van der Waals surface area contributed by atoms with Crippen molar-refractivity contribution in [1.82, 2.24) is 15.6 Å². The van der Waals surface area contributed by atoms with Crippen LogP contribution in [0, 0.1) is 0 Å². The number of aryl methyl sites for hydroxylation is 1. The molecule has 142 valence electrons. The number of aliphatic imine (C=N–C) groups is 1. The van der Waals surface area contributed by atoms with Crippen molar-refractivity contribution in [3.63, 3.8) is 0 Å².